The van der Waals surface area contributed by atoms with Gasteiger partial charge in [-0.1, -0.05) is 48.7 Å². The van der Waals surface area contributed by atoms with Crippen LogP contribution in [-0.4, -0.2) is 28.3 Å². The molecular formula is C15H23N3O2. The molecule has 1 aliphatic rings. The van der Waals surface area contributed by atoms with Crippen LogP contribution in [0.4, 0.5) is 0 Å². The molecule has 0 bridgehead atoms. The van der Waals surface area contributed by atoms with E-state index in [2.05, 4.69) is 10.5 Å². The number of benzene rings is 1. The summed E-state index contributed by atoms with van der Waals surface area (Å²) >= 11 is 0. The lowest BCUT2D eigenvalue weighted by Gasteiger charge is -2.22. The fraction of sp³-hybridized carbons (Fsp3) is 0.533. The van der Waals surface area contributed by atoms with Gasteiger partial charge in [0, 0.05) is 18.2 Å². The van der Waals surface area contributed by atoms with E-state index in [1.54, 1.807) is 0 Å². The van der Waals surface area contributed by atoms with Crippen molar-refractivity contribution in [3.63, 3.8) is 0 Å². The van der Waals surface area contributed by atoms with Gasteiger partial charge in [0.05, 0.1) is 6.10 Å². The summed E-state index contributed by atoms with van der Waals surface area (Å²) in [6, 6.07) is 7.68. The SMILES string of the molecule is N/C(=N/O)c1ccccc1CNC1CCCCCC1O. The Labute approximate surface area is 119 Å². The van der Waals surface area contributed by atoms with E-state index in [9.17, 15) is 5.11 Å². The average Bonchev–Trinajstić information content (AvgIpc) is 2.69. The molecule has 0 aromatic heterocycles. The smallest absolute Gasteiger partial charge is 0.170 e. The van der Waals surface area contributed by atoms with E-state index in [1.165, 1.54) is 6.42 Å². The molecule has 1 fully saturated rings. The van der Waals surface area contributed by atoms with E-state index in [0.717, 1.165) is 36.8 Å². The van der Waals surface area contributed by atoms with Crippen molar-refractivity contribution in [3.8, 4) is 0 Å². The summed E-state index contributed by atoms with van der Waals surface area (Å²) < 4.78 is 0. The largest absolute Gasteiger partial charge is 0.409 e. The number of hydrogen-bond donors (Lipinski definition) is 4. The molecule has 2 atom stereocenters. The second kappa shape index (κ2) is 7.26. The van der Waals surface area contributed by atoms with Gasteiger partial charge in [-0.2, -0.15) is 0 Å². The van der Waals surface area contributed by atoms with Crippen LogP contribution in [0.5, 0.6) is 0 Å². The van der Waals surface area contributed by atoms with Gasteiger partial charge in [0.1, 0.15) is 0 Å². The van der Waals surface area contributed by atoms with Gasteiger partial charge in [0.15, 0.2) is 5.84 Å². The van der Waals surface area contributed by atoms with Crippen LogP contribution in [0.3, 0.4) is 0 Å². The van der Waals surface area contributed by atoms with Crippen molar-refractivity contribution < 1.29 is 10.3 Å². The van der Waals surface area contributed by atoms with Gasteiger partial charge in [-0.3, -0.25) is 0 Å². The van der Waals surface area contributed by atoms with Crippen LogP contribution in [0.2, 0.25) is 0 Å². The molecule has 2 rings (SSSR count). The van der Waals surface area contributed by atoms with Crippen LogP contribution < -0.4 is 11.1 Å². The molecule has 1 aliphatic carbocycles. The van der Waals surface area contributed by atoms with Crippen LogP contribution in [0.15, 0.2) is 29.4 Å². The zero-order chi connectivity index (χ0) is 14.4. The Morgan fingerprint density at radius 2 is 2.00 bits per heavy atom. The summed E-state index contributed by atoms with van der Waals surface area (Å²) in [5.74, 6) is 0.115. The minimum Gasteiger partial charge on any atom is -0.409 e. The molecule has 5 N–H and O–H groups in total. The Hall–Kier alpha value is -1.59. The molecule has 0 spiro atoms. The molecule has 110 valence electrons. The van der Waals surface area contributed by atoms with E-state index in [4.69, 9.17) is 10.9 Å². The van der Waals surface area contributed by atoms with E-state index in [1.807, 2.05) is 24.3 Å². The van der Waals surface area contributed by atoms with Gasteiger partial charge < -0.3 is 21.4 Å². The highest BCUT2D eigenvalue weighted by Crippen LogP contribution is 2.19. The summed E-state index contributed by atoms with van der Waals surface area (Å²) in [6.07, 6.45) is 5.01. The van der Waals surface area contributed by atoms with Gasteiger partial charge in [0.25, 0.3) is 0 Å². The normalized spacial score (nSPS) is 24.4. The van der Waals surface area contributed by atoms with E-state index < -0.39 is 0 Å². The third-order valence-corrected chi connectivity index (χ3v) is 3.94. The van der Waals surface area contributed by atoms with Gasteiger partial charge in [-0.15, -0.1) is 0 Å². The number of aliphatic hydroxyl groups excluding tert-OH is 1. The highest BCUT2D eigenvalue weighted by molar-refractivity contribution is 5.98. The van der Waals surface area contributed by atoms with E-state index >= 15 is 0 Å². The monoisotopic (exact) mass is 277 g/mol. The maximum Gasteiger partial charge on any atom is 0.170 e. The predicted molar refractivity (Wildman–Crippen MR) is 78.7 cm³/mol. The molecule has 2 unspecified atom stereocenters. The first-order chi connectivity index (χ1) is 9.72. The van der Waals surface area contributed by atoms with Gasteiger partial charge >= 0.3 is 0 Å². The highest BCUT2D eigenvalue weighted by Gasteiger charge is 2.21. The molecule has 0 aliphatic heterocycles. The van der Waals surface area contributed by atoms with Crippen molar-refractivity contribution >= 4 is 5.84 Å². The number of oxime groups is 1. The second-order valence-electron chi connectivity index (χ2n) is 5.34. The molecule has 5 heteroatoms. The number of nitrogens with two attached hydrogens (primary N) is 1. The summed E-state index contributed by atoms with van der Waals surface area (Å²) in [6.45, 7) is 0.605. The van der Waals surface area contributed by atoms with Crippen molar-refractivity contribution in [2.24, 2.45) is 10.9 Å². The third kappa shape index (κ3) is 3.71. The standard InChI is InChI=1S/C15H23N3O2/c16-15(18-20)12-7-5-4-6-11(12)10-17-13-8-2-1-3-9-14(13)19/h4-7,13-14,17,19-20H,1-3,8-10H2,(H2,16,18). The lowest BCUT2D eigenvalue weighted by molar-refractivity contribution is 0.119. The highest BCUT2D eigenvalue weighted by atomic mass is 16.4. The average molecular weight is 277 g/mol. The van der Waals surface area contributed by atoms with Gasteiger partial charge in [-0.05, 0) is 18.4 Å². The summed E-state index contributed by atoms with van der Waals surface area (Å²) in [5.41, 5.74) is 7.38. The summed E-state index contributed by atoms with van der Waals surface area (Å²) in [4.78, 5) is 0. The van der Waals surface area contributed by atoms with E-state index in [0.29, 0.717) is 6.54 Å². The Bertz CT molecular complexity index is 462. The minimum atomic E-state index is -0.284. The number of amidine groups is 1. The first kappa shape index (κ1) is 14.8. The molecular weight excluding hydrogens is 254 g/mol. The Balaban J connectivity index is 2.03. The van der Waals surface area contributed by atoms with Crippen LogP contribution in [0.25, 0.3) is 0 Å². The maximum absolute atomic E-state index is 10.1. The van der Waals surface area contributed by atoms with Crippen LogP contribution in [0.1, 0.15) is 43.2 Å². The van der Waals surface area contributed by atoms with Crippen LogP contribution >= 0.6 is 0 Å². The molecule has 0 heterocycles. The molecule has 0 radical (unpaired) electrons. The Morgan fingerprint density at radius 1 is 1.25 bits per heavy atom. The fourth-order valence-electron chi connectivity index (χ4n) is 2.75. The van der Waals surface area contributed by atoms with Crippen molar-refractivity contribution in [2.75, 3.05) is 0 Å². The molecule has 1 aromatic rings. The lowest BCUT2D eigenvalue weighted by Crippen LogP contribution is -2.39. The minimum absolute atomic E-state index is 0.115. The number of hydrogen-bond acceptors (Lipinski definition) is 4. The van der Waals surface area contributed by atoms with Gasteiger partial charge in [-0.25, -0.2) is 0 Å². The van der Waals surface area contributed by atoms with Crippen LogP contribution in [-0.2, 0) is 6.54 Å². The molecule has 1 aromatic carbocycles. The number of rotatable bonds is 4. The summed E-state index contributed by atoms with van der Waals surface area (Å²) in [5, 5.41) is 25.4. The number of aliphatic hydroxyl groups is 1. The van der Waals surface area contributed by atoms with Crippen molar-refractivity contribution in [3.05, 3.63) is 35.4 Å². The molecule has 1 saturated carbocycles. The zero-order valence-corrected chi connectivity index (χ0v) is 11.6. The van der Waals surface area contributed by atoms with Crippen LogP contribution in [0, 0.1) is 0 Å². The van der Waals surface area contributed by atoms with Gasteiger partial charge in [0.2, 0.25) is 0 Å². The van der Waals surface area contributed by atoms with Crippen molar-refractivity contribution in [1.29, 1.82) is 0 Å². The zero-order valence-electron chi connectivity index (χ0n) is 11.6. The summed E-state index contributed by atoms with van der Waals surface area (Å²) in [7, 11) is 0. The van der Waals surface area contributed by atoms with Crippen molar-refractivity contribution in [1.82, 2.24) is 5.32 Å². The molecule has 0 saturated heterocycles. The Kier molecular flexibility index (Phi) is 5.38. The topological polar surface area (TPSA) is 90.9 Å². The molecule has 5 nitrogen and oxygen atoms in total. The predicted octanol–water partition coefficient (Wildman–Crippen LogP) is 1.56. The first-order valence-corrected chi connectivity index (χ1v) is 7.19. The second-order valence-corrected chi connectivity index (χ2v) is 5.34. The number of nitrogens with zero attached hydrogens (tertiary/aromatic N) is 1. The quantitative estimate of drug-likeness (QED) is 0.221. The Morgan fingerprint density at radius 3 is 2.80 bits per heavy atom. The maximum atomic E-state index is 10.1. The van der Waals surface area contributed by atoms with Crippen molar-refractivity contribution in [2.45, 2.75) is 50.8 Å². The lowest BCUT2D eigenvalue weighted by atomic mass is 10.0. The first-order valence-electron chi connectivity index (χ1n) is 7.19. The molecule has 20 heavy (non-hydrogen) atoms. The third-order valence-electron chi connectivity index (χ3n) is 3.94. The molecule has 0 amide bonds. The van der Waals surface area contributed by atoms with E-state index in [-0.39, 0.29) is 18.0 Å². The number of nitrogens with one attached hydrogen (secondary N) is 1. The fourth-order valence-corrected chi connectivity index (χ4v) is 2.75.